The molecular weight excluding hydrogens is 260 g/mol. The topological polar surface area (TPSA) is 52.8 Å². The second-order valence-electron chi connectivity index (χ2n) is 4.31. The Kier molecular flexibility index (Phi) is 3.98. The fourth-order valence-electron chi connectivity index (χ4n) is 1.89. The molecule has 0 unspecified atom stereocenters. The van der Waals surface area contributed by atoms with Gasteiger partial charge in [-0.05, 0) is 36.2 Å². The predicted molar refractivity (Wildman–Crippen MR) is 75.0 cm³/mol. The van der Waals surface area contributed by atoms with E-state index < -0.39 is 0 Å². The van der Waals surface area contributed by atoms with Crippen LogP contribution >= 0.6 is 11.6 Å². The maximum absolute atomic E-state index is 8.89. The summed E-state index contributed by atoms with van der Waals surface area (Å²) in [4.78, 5) is 10.2. The monoisotopic (exact) mass is 272 g/mol. The number of hydrogen-bond donors (Lipinski definition) is 0. The molecule has 0 fully saturated rings. The summed E-state index contributed by atoms with van der Waals surface area (Å²) in [5.41, 5.74) is 2.67. The fraction of sp³-hybridized carbons (Fsp3) is 0.214. The SMILES string of the molecule is Cc1cnc(Cl)nc1N(C)Cc1cccc(C#N)c1. The van der Waals surface area contributed by atoms with Gasteiger partial charge in [-0.15, -0.1) is 0 Å². The van der Waals surface area contributed by atoms with Gasteiger partial charge in [0, 0.05) is 25.4 Å². The second-order valence-corrected chi connectivity index (χ2v) is 4.65. The summed E-state index contributed by atoms with van der Waals surface area (Å²) in [5, 5.41) is 9.13. The van der Waals surface area contributed by atoms with E-state index in [1.807, 2.05) is 37.1 Å². The number of nitrogens with zero attached hydrogens (tertiary/aromatic N) is 4. The molecule has 1 heterocycles. The van der Waals surface area contributed by atoms with Crippen LogP contribution in [0.5, 0.6) is 0 Å². The van der Waals surface area contributed by atoms with Gasteiger partial charge >= 0.3 is 0 Å². The highest BCUT2D eigenvalue weighted by molar-refractivity contribution is 6.28. The van der Waals surface area contributed by atoms with Crippen molar-refractivity contribution in [3.63, 3.8) is 0 Å². The molecule has 0 radical (unpaired) electrons. The lowest BCUT2D eigenvalue weighted by Gasteiger charge is -2.20. The molecule has 0 atom stereocenters. The Labute approximate surface area is 117 Å². The quantitative estimate of drug-likeness (QED) is 0.806. The van der Waals surface area contributed by atoms with Crippen molar-refractivity contribution in [2.75, 3.05) is 11.9 Å². The highest BCUT2D eigenvalue weighted by atomic mass is 35.5. The van der Waals surface area contributed by atoms with Crippen LogP contribution in [-0.4, -0.2) is 17.0 Å². The first-order valence-corrected chi connectivity index (χ1v) is 6.17. The standard InChI is InChI=1S/C14H13ClN4/c1-10-8-17-14(15)18-13(10)19(2)9-12-5-3-4-11(6-12)7-16/h3-6,8H,9H2,1-2H3. The van der Waals surface area contributed by atoms with Crippen molar-refractivity contribution in [3.05, 3.63) is 52.4 Å². The van der Waals surface area contributed by atoms with E-state index in [0.717, 1.165) is 16.9 Å². The minimum absolute atomic E-state index is 0.234. The van der Waals surface area contributed by atoms with Crippen molar-refractivity contribution in [1.29, 1.82) is 5.26 Å². The van der Waals surface area contributed by atoms with Crippen molar-refractivity contribution in [1.82, 2.24) is 9.97 Å². The molecule has 96 valence electrons. The summed E-state index contributed by atoms with van der Waals surface area (Å²) in [6.07, 6.45) is 1.70. The summed E-state index contributed by atoms with van der Waals surface area (Å²) in [5.74, 6) is 0.794. The zero-order chi connectivity index (χ0) is 13.8. The molecule has 0 spiro atoms. The molecule has 1 aromatic carbocycles. The summed E-state index contributed by atoms with van der Waals surface area (Å²) in [6.45, 7) is 2.59. The maximum Gasteiger partial charge on any atom is 0.224 e. The molecule has 0 aliphatic heterocycles. The Hall–Kier alpha value is -2.12. The highest BCUT2D eigenvalue weighted by Crippen LogP contribution is 2.19. The Bertz CT molecular complexity index is 634. The summed E-state index contributed by atoms with van der Waals surface area (Å²) in [6, 6.07) is 9.65. The number of halogens is 1. The van der Waals surface area contributed by atoms with Gasteiger partial charge in [0.15, 0.2) is 0 Å². The molecule has 0 aliphatic rings. The van der Waals surface area contributed by atoms with Gasteiger partial charge in [-0.3, -0.25) is 0 Å². The van der Waals surface area contributed by atoms with E-state index in [2.05, 4.69) is 16.0 Å². The van der Waals surface area contributed by atoms with Crippen molar-refractivity contribution >= 4 is 17.4 Å². The first-order chi connectivity index (χ1) is 9.10. The Morgan fingerprint density at radius 1 is 1.42 bits per heavy atom. The number of hydrogen-bond acceptors (Lipinski definition) is 4. The third kappa shape index (κ3) is 3.21. The van der Waals surface area contributed by atoms with Crippen LogP contribution < -0.4 is 4.90 Å². The first-order valence-electron chi connectivity index (χ1n) is 5.79. The summed E-state index contributed by atoms with van der Waals surface area (Å²) in [7, 11) is 1.94. The van der Waals surface area contributed by atoms with Crippen LogP contribution in [0.4, 0.5) is 5.82 Å². The van der Waals surface area contributed by atoms with Gasteiger partial charge < -0.3 is 4.90 Å². The van der Waals surface area contributed by atoms with E-state index >= 15 is 0 Å². The van der Waals surface area contributed by atoms with Crippen molar-refractivity contribution in [2.24, 2.45) is 0 Å². The third-order valence-electron chi connectivity index (χ3n) is 2.75. The highest BCUT2D eigenvalue weighted by Gasteiger charge is 2.09. The minimum atomic E-state index is 0.234. The normalized spacial score (nSPS) is 10.0. The van der Waals surface area contributed by atoms with Gasteiger partial charge in [-0.1, -0.05) is 12.1 Å². The molecule has 0 saturated carbocycles. The molecule has 5 heteroatoms. The van der Waals surface area contributed by atoms with E-state index in [-0.39, 0.29) is 5.28 Å². The number of benzene rings is 1. The second kappa shape index (κ2) is 5.68. The van der Waals surface area contributed by atoms with Crippen molar-refractivity contribution in [2.45, 2.75) is 13.5 Å². The number of aromatic nitrogens is 2. The zero-order valence-electron chi connectivity index (χ0n) is 10.8. The largest absolute Gasteiger partial charge is 0.355 e. The molecular formula is C14H13ClN4. The van der Waals surface area contributed by atoms with Crippen LogP contribution in [0.3, 0.4) is 0 Å². The fourth-order valence-corrected chi connectivity index (χ4v) is 2.02. The molecule has 4 nitrogen and oxygen atoms in total. The lowest BCUT2D eigenvalue weighted by molar-refractivity contribution is 0.882. The number of nitriles is 1. The van der Waals surface area contributed by atoms with Crippen molar-refractivity contribution < 1.29 is 0 Å². The van der Waals surface area contributed by atoms with E-state index in [9.17, 15) is 0 Å². The van der Waals surface area contributed by atoms with Crippen LogP contribution in [0.1, 0.15) is 16.7 Å². The van der Waals surface area contributed by atoms with Crippen LogP contribution in [0, 0.1) is 18.3 Å². The Morgan fingerprint density at radius 3 is 2.95 bits per heavy atom. The average Bonchev–Trinajstić information content (AvgIpc) is 2.41. The van der Waals surface area contributed by atoms with Crippen LogP contribution in [-0.2, 0) is 6.54 Å². The van der Waals surface area contributed by atoms with E-state index in [1.165, 1.54) is 0 Å². The molecule has 0 bridgehead atoms. The Balaban J connectivity index is 2.23. The number of anilines is 1. The molecule has 0 aliphatic carbocycles. The van der Waals surface area contributed by atoms with E-state index in [0.29, 0.717) is 12.1 Å². The zero-order valence-corrected chi connectivity index (χ0v) is 11.5. The predicted octanol–water partition coefficient (Wildman–Crippen LogP) is 2.95. The van der Waals surface area contributed by atoms with Gasteiger partial charge in [0.1, 0.15) is 5.82 Å². The number of rotatable bonds is 3. The van der Waals surface area contributed by atoms with Gasteiger partial charge in [0.2, 0.25) is 5.28 Å². The number of aryl methyl sites for hydroxylation is 1. The summed E-state index contributed by atoms with van der Waals surface area (Å²) < 4.78 is 0. The molecule has 2 aromatic rings. The van der Waals surface area contributed by atoms with Crippen LogP contribution in [0.15, 0.2) is 30.5 Å². The van der Waals surface area contributed by atoms with Crippen LogP contribution in [0.25, 0.3) is 0 Å². The van der Waals surface area contributed by atoms with Gasteiger partial charge in [0.25, 0.3) is 0 Å². The maximum atomic E-state index is 8.89. The van der Waals surface area contributed by atoms with Crippen LogP contribution in [0.2, 0.25) is 5.28 Å². The summed E-state index contributed by atoms with van der Waals surface area (Å²) >= 11 is 5.82. The van der Waals surface area contributed by atoms with Gasteiger partial charge in [0.05, 0.1) is 11.6 Å². The smallest absolute Gasteiger partial charge is 0.224 e. The van der Waals surface area contributed by atoms with Gasteiger partial charge in [-0.25, -0.2) is 9.97 Å². The molecule has 1 aromatic heterocycles. The lowest BCUT2D eigenvalue weighted by Crippen LogP contribution is -2.19. The molecule has 2 rings (SSSR count). The molecule has 0 saturated heterocycles. The minimum Gasteiger partial charge on any atom is -0.355 e. The average molecular weight is 273 g/mol. The molecule has 19 heavy (non-hydrogen) atoms. The third-order valence-corrected chi connectivity index (χ3v) is 2.94. The van der Waals surface area contributed by atoms with Gasteiger partial charge in [-0.2, -0.15) is 5.26 Å². The Morgan fingerprint density at radius 2 is 2.21 bits per heavy atom. The lowest BCUT2D eigenvalue weighted by atomic mass is 10.1. The molecule has 0 amide bonds. The molecule has 0 N–H and O–H groups in total. The van der Waals surface area contributed by atoms with E-state index in [1.54, 1.807) is 12.3 Å². The van der Waals surface area contributed by atoms with E-state index in [4.69, 9.17) is 16.9 Å². The van der Waals surface area contributed by atoms with Crippen molar-refractivity contribution in [3.8, 4) is 6.07 Å². The first kappa shape index (κ1) is 13.3.